The van der Waals surface area contributed by atoms with Crippen molar-refractivity contribution in [3.63, 3.8) is 0 Å². The van der Waals surface area contributed by atoms with Gasteiger partial charge in [-0.3, -0.25) is 9.80 Å². The van der Waals surface area contributed by atoms with Gasteiger partial charge in [0, 0.05) is 45.0 Å². The summed E-state index contributed by atoms with van der Waals surface area (Å²) < 4.78 is 106. The summed E-state index contributed by atoms with van der Waals surface area (Å²) in [5, 5.41) is 0. The van der Waals surface area contributed by atoms with E-state index in [2.05, 4.69) is 24.0 Å². The van der Waals surface area contributed by atoms with Gasteiger partial charge in [-0.05, 0) is 55.4 Å². The Kier molecular flexibility index (Phi) is 25.0. The van der Waals surface area contributed by atoms with Crippen molar-refractivity contribution in [1.29, 1.82) is 0 Å². The van der Waals surface area contributed by atoms with Crippen molar-refractivity contribution in [3.8, 4) is 5.75 Å². The Morgan fingerprint density at radius 2 is 0.576 bits per heavy atom. The quantitative estimate of drug-likeness (QED) is 0.0960. The summed E-state index contributed by atoms with van der Waals surface area (Å²) in [7, 11) is 0. The lowest BCUT2D eigenvalue weighted by atomic mass is 9.80. The van der Waals surface area contributed by atoms with E-state index < -0.39 is 115 Å². The number of ether oxygens (including phenoxy) is 21. The Balaban J connectivity index is 0.000000174. The van der Waals surface area contributed by atoms with Crippen LogP contribution in [0.3, 0.4) is 0 Å². The van der Waals surface area contributed by atoms with Crippen molar-refractivity contribution in [3.05, 3.63) is 55.7 Å². The third kappa shape index (κ3) is 20.7. The third-order valence-corrected chi connectivity index (χ3v) is 16.3. The predicted octanol–water partition coefficient (Wildman–Crippen LogP) is 2.07. The Bertz CT molecular complexity index is 3100. The lowest BCUT2D eigenvalue weighted by Gasteiger charge is -2.37. The molecule has 10 saturated heterocycles. The maximum absolute atomic E-state index is 12.8. The van der Waals surface area contributed by atoms with Gasteiger partial charge in [0.05, 0.1) is 32.7 Å². The maximum atomic E-state index is 12.8. The van der Waals surface area contributed by atoms with E-state index >= 15 is 0 Å². The molecule has 99 heavy (non-hydrogen) atoms. The number of anilines is 1. The highest BCUT2D eigenvalue weighted by atomic mass is 16.8. The fourth-order valence-electron chi connectivity index (χ4n) is 12.1. The number of rotatable bonds is 26. The molecule has 1 aromatic heterocycles. The molecule has 10 aliphatic heterocycles. The monoisotopic (exact) mass is 1410 g/mol. The van der Waals surface area contributed by atoms with Gasteiger partial charge in [-0.1, -0.05) is 21.3 Å². The molecule has 13 rings (SSSR count). The number of carbonyl (C=O) groups excluding carboxylic acids is 10. The van der Waals surface area contributed by atoms with Crippen LogP contribution in [0, 0.1) is 11.8 Å². The highest BCUT2D eigenvalue weighted by Crippen LogP contribution is 2.32. The SMILES string of the molecule is C.C.O=C1OCC(CN(CC2CCCC(CN(CC3COC(=O)O3)CC3COC(=O)O3)C2)CC2COC(=O)O2)O1.O=C1OCC(COc2ccc(N(CC3COC(=O)O3)CC3COC(=O)O3)cc2)O1.O=C1OCC(Cn2c(=O)n(CC3COC(=O)O3)c(=O)n(CC3COC(=O)O3)c2=O)O1. The Morgan fingerprint density at radius 3 is 0.838 bits per heavy atom. The van der Waals surface area contributed by atoms with E-state index in [4.69, 9.17) is 85.3 Å². The van der Waals surface area contributed by atoms with Gasteiger partial charge in [-0.25, -0.2) is 76.0 Å². The number of aromatic nitrogens is 3. The number of benzene rings is 1. The Labute approximate surface area is 561 Å². The van der Waals surface area contributed by atoms with Crippen molar-refractivity contribution in [2.45, 2.75) is 121 Å². The first-order valence-corrected chi connectivity index (χ1v) is 31.0. The standard InChI is InChI=1S/C24H34N2O12.C18H19NO10.C15H15N3O12.2CH4/c27-21-31-11-17(35-21)7-25(8-18-12-32-22(28)36-18)5-15-2-1-3-16(4-15)6-26(9-19-13-33-23(29)37-19)10-20-14-34-24(30)38-20;20-16-24-7-13(27-16)5-19(6-14-8-25-17(21)28-14)11-1-3-12(4-2-11)23-9-15-10-26-18(22)29-15;19-10-16(1-7-4-25-13(22)28-7)11(20)18(3-9-6-27-15(24)30-9)12(21)17(10)2-8-5-26-14(23)29-8;;/h15-20H,1-14H2;1-4,13-15H,5-10H2;7-9H,1-6H2;2*1H4. The molecule has 2 aromatic rings. The molecule has 11 fully saturated rings. The Morgan fingerprint density at radius 1 is 0.323 bits per heavy atom. The van der Waals surface area contributed by atoms with Gasteiger partial charge >= 0.3 is 78.6 Å². The smallest absolute Gasteiger partial charge is 0.490 e. The molecular formula is C59H76N6O34. The summed E-state index contributed by atoms with van der Waals surface area (Å²) >= 11 is 0. The van der Waals surface area contributed by atoms with E-state index in [1.807, 2.05) is 17.0 Å². The predicted molar refractivity (Wildman–Crippen MR) is 317 cm³/mol. The first-order chi connectivity index (χ1) is 46.7. The topological polar surface area (TPSA) is 440 Å². The summed E-state index contributed by atoms with van der Waals surface area (Å²) in [5.41, 5.74) is -2.22. The van der Waals surface area contributed by atoms with Crippen LogP contribution in [-0.4, -0.2) is 271 Å². The normalized spacial score (nSPS) is 27.7. The minimum atomic E-state index is -1.01. The molecule has 11 heterocycles. The van der Waals surface area contributed by atoms with Crippen LogP contribution >= 0.6 is 0 Å². The van der Waals surface area contributed by atoms with Gasteiger partial charge in [0.15, 0.2) is 61.0 Å². The van der Waals surface area contributed by atoms with E-state index in [0.717, 1.165) is 44.5 Å². The average Bonchev–Trinajstić information content (AvgIpc) is 1.51. The van der Waals surface area contributed by atoms with E-state index in [9.17, 15) is 62.3 Å². The van der Waals surface area contributed by atoms with Crippen LogP contribution in [0.25, 0.3) is 0 Å². The fourth-order valence-corrected chi connectivity index (χ4v) is 12.1. The van der Waals surface area contributed by atoms with Crippen LogP contribution in [-0.2, 0) is 114 Å². The zero-order valence-electron chi connectivity index (χ0n) is 51.7. The molecule has 0 spiro atoms. The highest BCUT2D eigenvalue weighted by Gasteiger charge is 2.39. The molecule has 11 aliphatic rings. The molecule has 40 heteroatoms. The van der Waals surface area contributed by atoms with Gasteiger partial charge in [0.25, 0.3) is 0 Å². The van der Waals surface area contributed by atoms with Crippen LogP contribution in [0.15, 0.2) is 38.6 Å². The van der Waals surface area contributed by atoms with Crippen molar-refractivity contribution in [2.24, 2.45) is 11.8 Å². The minimum Gasteiger partial charge on any atom is -0.490 e. The fraction of sp³-hybridized carbons (Fsp3) is 0.678. The lowest BCUT2D eigenvalue weighted by Crippen LogP contribution is -2.57. The van der Waals surface area contributed by atoms with E-state index in [1.165, 1.54) is 0 Å². The van der Waals surface area contributed by atoms with Crippen molar-refractivity contribution in [1.82, 2.24) is 23.5 Å². The largest absolute Gasteiger partial charge is 0.508 e. The maximum Gasteiger partial charge on any atom is 0.508 e. The van der Waals surface area contributed by atoms with Crippen molar-refractivity contribution < 1.29 is 147 Å². The lowest BCUT2D eigenvalue weighted by molar-refractivity contribution is 0.0509. The summed E-state index contributed by atoms with van der Waals surface area (Å²) in [4.78, 5) is 157. The number of hydrogen-bond donors (Lipinski definition) is 0. The first-order valence-electron chi connectivity index (χ1n) is 31.0. The van der Waals surface area contributed by atoms with E-state index in [0.29, 0.717) is 70.6 Å². The van der Waals surface area contributed by atoms with Gasteiger partial charge in [-0.2, -0.15) is 0 Å². The number of hydrogen-bond acceptors (Lipinski definition) is 37. The molecule has 546 valence electrons. The zero-order valence-corrected chi connectivity index (χ0v) is 51.7. The third-order valence-electron chi connectivity index (χ3n) is 16.3. The van der Waals surface area contributed by atoms with Crippen LogP contribution < -0.4 is 26.7 Å². The average molecular weight is 1410 g/mol. The number of carbonyl (C=O) groups is 10. The molecule has 40 nitrogen and oxygen atoms in total. The summed E-state index contributed by atoms with van der Waals surface area (Å²) in [6.07, 6.45) is -9.08. The molecule has 12 unspecified atom stereocenters. The molecule has 1 aromatic carbocycles. The summed E-state index contributed by atoms with van der Waals surface area (Å²) in [5.74, 6) is 1.35. The second-order valence-corrected chi connectivity index (χ2v) is 23.7. The molecule has 0 amide bonds. The highest BCUT2D eigenvalue weighted by molar-refractivity contribution is 5.65. The summed E-state index contributed by atoms with van der Waals surface area (Å²) in [6, 6.07) is 7.16. The van der Waals surface area contributed by atoms with E-state index in [-0.39, 0.29) is 132 Å². The van der Waals surface area contributed by atoms with Gasteiger partial charge in [0.1, 0.15) is 78.4 Å². The molecule has 1 aliphatic carbocycles. The first kappa shape index (κ1) is 73.1. The molecule has 0 radical (unpaired) electrons. The molecular weight excluding hydrogens is 1340 g/mol. The van der Waals surface area contributed by atoms with Crippen LogP contribution in [0.4, 0.5) is 53.6 Å². The molecule has 1 saturated carbocycles. The number of cyclic esters (lactones) is 20. The molecule has 12 atom stereocenters. The van der Waals surface area contributed by atoms with Crippen molar-refractivity contribution in [2.75, 3.05) is 130 Å². The van der Waals surface area contributed by atoms with Crippen molar-refractivity contribution >= 4 is 67.2 Å². The van der Waals surface area contributed by atoms with Gasteiger partial charge in [0.2, 0.25) is 0 Å². The minimum absolute atomic E-state index is 0. The molecule has 0 bridgehead atoms. The number of nitrogens with zero attached hydrogens (tertiary/aromatic N) is 6. The van der Waals surface area contributed by atoms with Gasteiger partial charge in [-0.15, -0.1) is 0 Å². The van der Waals surface area contributed by atoms with Crippen LogP contribution in [0.2, 0.25) is 0 Å². The van der Waals surface area contributed by atoms with Crippen LogP contribution in [0.1, 0.15) is 40.5 Å². The zero-order chi connectivity index (χ0) is 68.1. The summed E-state index contributed by atoms with van der Waals surface area (Å²) in [6.45, 7) is 3.85. The molecule has 0 N–H and O–H groups in total. The second-order valence-electron chi connectivity index (χ2n) is 23.7. The van der Waals surface area contributed by atoms with Crippen LogP contribution in [0.5, 0.6) is 5.75 Å². The van der Waals surface area contributed by atoms with E-state index in [1.54, 1.807) is 12.1 Å². The van der Waals surface area contributed by atoms with Gasteiger partial charge < -0.3 is 104 Å². The second kappa shape index (κ2) is 33.9. The Hall–Kier alpha value is -10.1.